The maximum atomic E-state index is 6.12. The zero-order valence-corrected chi connectivity index (χ0v) is 12.1. The number of halogens is 1. The third-order valence-corrected chi connectivity index (χ3v) is 4.85. The molecule has 0 radical (unpaired) electrons. The van der Waals surface area contributed by atoms with E-state index >= 15 is 0 Å². The Kier molecular flexibility index (Phi) is 3.32. The molecular weight excluding hydrogens is 288 g/mol. The Morgan fingerprint density at radius 2 is 2.39 bits per heavy atom. The van der Waals surface area contributed by atoms with Crippen LogP contribution >= 0.6 is 34.9 Å². The van der Waals surface area contributed by atoms with Crippen molar-refractivity contribution in [2.75, 3.05) is 13.2 Å². The van der Waals surface area contributed by atoms with E-state index in [1.54, 1.807) is 23.3 Å². The molecule has 1 aliphatic rings. The number of rotatable bonds is 3. The van der Waals surface area contributed by atoms with Gasteiger partial charge in [0.05, 0.1) is 9.72 Å². The number of hydrogen-bond acceptors (Lipinski definition) is 6. The molecule has 0 amide bonds. The topological polar surface area (TPSA) is 31.7 Å². The van der Waals surface area contributed by atoms with Crippen LogP contribution in [0.25, 0.3) is 10.2 Å². The first-order chi connectivity index (χ1) is 8.76. The third-order valence-electron chi connectivity index (χ3n) is 2.59. The van der Waals surface area contributed by atoms with Gasteiger partial charge in [0.25, 0.3) is 0 Å². The molecule has 2 heterocycles. The van der Waals surface area contributed by atoms with Crippen molar-refractivity contribution >= 4 is 51.4 Å². The first kappa shape index (κ1) is 12.1. The van der Waals surface area contributed by atoms with Crippen LogP contribution in [0.3, 0.4) is 0 Å². The molecule has 7 heteroatoms. The van der Waals surface area contributed by atoms with E-state index in [2.05, 4.69) is 21.9 Å². The Labute approximate surface area is 118 Å². The van der Waals surface area contributed by atoms with Crippen LogP contribution in [0, 0.1) is 0 Å². The summed E-state index contributed by atoms with van der Waals surface area (Å²) in [5.41, 5.74) is 0.877. The Hall–Kier alpha value is -0.980. The summed E-state index contributed by atoms with van der Waals surface area (Å²) in [7, 11) is 0. The molecule has 18 heavy (non-hydrogen) atoms. The van der Waals surface area contributed by atoms with Gasteiger partial charge in [-0.1, -0.05) is 17.7 Å². The number of nitrogens with zero attached hydrogens (tertiary/aromatic N) is 4. The van der Waals surface area contributed by atoms with Gasteiger partial charge < -0.3 is 4.90 Å². The van der Waals surface area contributed by atoms with Crippen LogP contribution in [0.4, 0.5) is 0 Å². The van der Waals surface area contributed by atoms with Gasteiger partial charge >= 0.3 is 0 Å². The minimum Gasteiger partial charge on any atom is -0.341 e. The number of aromatic nitrogens is 1. The maximum Gasteiger partial charge on any atom is 0.173 e. The van der Waals surface area contributed by atoms with Crippen LogP contribution < -0.4 is 0 Å². The number of hydrogen-bond donors (Lipinski definition) is 0. The fraction of sp³-hybridized carbons (Fsp3) is 0.273. The minimum atomic E-state index is 0.704. The zero-order valence-electron chi connectivity index (χ0n) is 9.71. The maximum absolute atomic E-state index is 6.12. The molecule has 0 unspecified atom stereocenters. The second-order valence-electron chi connectivity index (χ2n) is 3.79. The van der Waals surface area contributed by atoms with E-state index in [4.69, 9.17) is 11.6 Å². The molecule has 0 fully saturated rings. The van der Waals surface area contributed by atoms with Crippen LogP contribution in [-0.4, -0.2) is 33.9 Å². The first-order valence-electron chi connectivity index (χ1n) is 5.55. The van der Waals surface area contributed by atoms with Crippen LogP contribution in [-0.2, 0) is 0 Å². The number of para-hydroxylation sites is 1. The largest absolute Gasteiger partial charge is 0.341 e. The third kappa shape index (κ3) is 2.28. The summed E-state index contributed by atoms with van der Waals surface area (Å²) in [6, 6.07) is 5.85. The highest BCUT2D eigenvalue weighted by Crippen LogP contribution is 2.35. The van der Waals surface area contributed by atoms with E-state index in [0.717, 1.165) is 27.8 Å². The predicted molar refractivity (Wildman–Crippen MR) is 78.1 cm³/mol. The van der Waals surface area contributed by atoms with Gasteiger partial charge in [-0.15, -0.1) is 11.3 Å². The van der Waals surface area contributed by atoms with E-state index in [9.17, 15) is 0 Å². The lowest BCUT2D eigenvalue weighted by molar-refractivity contribution is 0.370. The zero-order chi connectivity index (χ0) is 12.5. The summed E-state index contributed by atoms with van der Waals surface area (Å²) < 4.78 is 4.00. The van der Waals surface area contributed by atoms with Gasteiger partial charge in [-0.05, 0) is 19.1 Å². The van der Waals surface area contributed by atoms with Crippen LogP contribution in [0.15, 0.2) is 27.6 Å². The molecular formula is C11H11ClN4S2. The van der Waals surface area contributed by atoms with Crippen LogP contribution in [0.5, 0.6) is 0 Å². The van der Waals surface area contributed by atoms with Gasteiger partial charge in [0.1, 0.15) is 18.5 Å². The van der Waals surface area contributed by atoms with Crippen molar-refractivity contribution in [3.05, 3.63) is 23.2 Å². The fourth-order valence-electron chi connectivity index (χ4n) is 1.62. The molecule has 1 aliphatic heterocycles. The summed E-state index contributed by atoms with van der Waals surface area (Å²) in [5.74, 6) is 0. The molecule has 1 aromatic carbocycles. The number of fused-ring (bicyclic) bond motifs is 1. The number of benzene rings is 1. The minimum absolute atomic E-state index is 0.704. The Morgan fingerprint density at radius 3 is 3.11 bits per heavy atom. The molecule has 4 nitrogen and oxygen atoms in total. The summed E-state index contributed by atoms with van der Waals surface area (Å²) in [5, 5.41) is 5.01. The summed E-state index contributed by atoms with van der Waals surface area (Å²) in [4.78, 5) is 6.67. The Balaban J connectivity index is 1.80. The van der Waals surface area contributed by atoms with Gasteiger partial charge in [-0.25, -0.2) is 9.40 Å². The lowest BCUT2D eigenvalue weighted by atomic mass is 10.3. The number of hydrazone groups is 1. The first-order valence-corrected chi connectivity index (χ1v) is 7.52. The Bertz CT molecular complexity index is 598. The van der Waals surface area contributed by atoms with Gasteiger partial charge in [-0.3, -0.25) is 0 Å². The second-order valence-corrected chi connectivity index (χ2v) is 6.47. The number of thiazole rings is 1. The predicted octanol–water partition coefficient (Wildman–Crippen LogP) is 3.50. The van der Waals surface area contributed by atoms with Crippen molar-refractivity contribution in [2.45, 2.75) is 11.3 Å². The average molecular weight is 299 g/mol. The summed E-state index contributed by atoms with van der Waals surface area (Å²) >= 11 is 9.30. The average Bonchev–Trinajstić information content (AvgIpc) is 2.96. The van der Waals surface area contributed by atoms with E-state index in [0.29, 0.717) is 5.02 Å². The van der Waals surface area contributed by atoms with Crippen molar-refractivity contribution in [3.63, 3.8) is 0 Å². The van der Waals surface area contributed by atoms with E-state index in [1.807, 2.05) is 29.0 Å². The quantitative estimate of drug-likeness (QED) is 0.812. The molecule has 0 bridgehead atoms. The lowest BCUT2D eigenvalue weighted by Crippen LogP contribution is -2.22. The standard InChI is InChI=1S/C11H11ClN4S2/c1-2-15-6-13-16(7-15)18-11-14-10-8(12)4-3-5-9(10)17-11/h3-6H,2,7H2,1H3. The Morgan fingerprint density at radius 1 is 1.50 bits per heavy atom. The molecule has 0 saturated carbocycles. The molecule has 0 aliphatic carbocycles. The van der Waals surface area contributed by atoms with E-state index in [-0.39, 0.29) is 0 Å². The highest BCUT2D eigenvalue weighted by atomic mass is 35.5. The van der Waals surface area contributed by atoms with Gasteiger partial charge in [0, 0.05) is 18.5 Å². The van der Waals surface area contributed by atoms with Crippen molar-refractivity contribution in [1.29, 1.82) is 0 Å². The van der Waals surface area contributed by atoms with Gasteiger partial charge in [-0.2, -0.15) is 5.10 Å². The van der Waals surface area contributed by atoms with Crippen LogP contribution in [0.1, 0.15) is 6.92 Å². The second kappa shape index (κ2) is 4.95. The normalized spacial score (nSPS) is 15.0. The smallest absolute Gasteiger partial charge is 0.173 e. The molecule has 1 aromatic heterocycles. The van der Waals surface area contributed by atoms with Crippen molar-refractivity contribution in [2.24, 2.45) is 5.10 Å². The van der Waals surface area contributed by atoms with Crippen molar-refractivity contribution in [3.8, 4) is 0 Å². The molecule has 94 valence electrons. The molecule has 3 rings (SSSR count). The molecule has 0 saturated heterocycles. The van der Waals surface area contributed by atoms with Gasteiger partial charge in [0.2, 0.25) is 0 Å². The molecule has 0 spiro atoms. The lowest BCUT2D eigenvalue weighted by Gasteiger charge is -2.14. The highest BCUT2D eigenvalue weighted by molar-refractivity contribution is 7.98. The van der Waals surface area contributed by atoms with E-state index in [1.165, 1.54) is 0 Å². The summed E-state index contributed by atoms with van der Waals surface area (Å²) in [6.07, 6.45) is 1.85. The molecule has 0 atom stereocenters. The molecule has 0 N–H and O–H groups in total. The SMILES string of the molecule is CCN1C=NN(Sc2nc3c(Cl)cccc3s2)C1. The van der Waals surface area contributed by atoms with Crippen molar-refractivity contribution < 1.29 is 0 Å². The summed E-state index contributed by atoms with van der Waals surface area (Å²) in [6.45, 7) is 3.87. The van der Waals surface area contributed by atoms with Gasteiger partial charge in [0.15, 0.2) is 4.34 Å². The van der Waals surface area contributed by atoms with Crippen molar-refractivity contribution in [1.82, 2.24) is 14.3 Å². The van der Waals surface area contributed by atoms with E-state index < -0.39 is 0 Å². The molecule has 2 aromatic rings. The van der Waals surface area contributed by atoms with Crippen LogP contribution in [0.2, 0.25) is 5.02 Å². The highest BCUT2D eigenvalue weighted by Gasteiger charge is 2.16. The fourth-order valence-corrected chi connectivity index (χ4v) is 3.90. The monoisotopic (exact) mass is 298 g/mol.